The summed E-state index contributed by atoms with van der Waals surface area (Å²) in [6.07, 6.45) is 0.707. The first-order valence-electron chi connectivity index (χ1n) is 15.2. The number of rotatable bonds is 13. The Morgan fingerprint density at radius 3 is 2.35 bits per heavy atom. The molecular formula is C34H39N5O6S. The van der Waals surface area contributed by atoms with Crippen LogP contribution in [0.5, 0.6) is 17.2 Å². The van der Waals surface area contributed by atoms with Crippen LogP contribution in [0, 0.1) is 0 Å². The first kappa shape index (κ1) is 32.7. The number of carbonyl (C=O) groups is 2. The average molecular weight is 646 g/mol. The first-order valence-corrected chi connectivity index (χ1v) is 16.2. The molecule has 12 heteroatoms. The zero-order valence-corrected chi connectivity index (χ0v) is 27.2. The molecule has 5 rings (SSSR count). The molecular weight excluding hydrogens is 606 g/mol. The van der Waals surface area contributed by atoms with Crippen molar-refractivity contribution < 1.29 is 23.8 Å². The summed E-state index contributed by atoms with van der Waals surface area (Å²) in [5.41, 5.74) is 2.34. The molecule has 0 spiro atoms. The maximum absolute atomic E-state index is 13.5. The van der Waals surface area contributed by atoms with Gasteiger partial charge in [0.15, 0.2) is 16.7 Å². The summed E-state index contributed by atoms with van der Waals surface area (Å²) < 4.78 is 17.7. The molecule has 2 heterocycles. The quantitative estimate of drug-likeness (QED) is 0.172. The second-order valence-electron chi connectivity index (χ2n) is 10.7. The number of nitrogens with zero attached hydrogens (tertiary/aromatic N) is 4. The number of fused-ring (bicyclic) bond motifs is 1. The first-order chi connectivity index (χ1) is 22.4. The van der Waals surface area contributed by atoms with Crippen LogP contribution >= 0.6 is 11.8 Å². The number of carbonyl (C=O) groups excluding carboxylic acids is 2. The molecule has 0 atom stereocenters. The molecule has 3 aromatic carbocycles. The minimum absolute atomic E-state index is 0.0217. The molecule has 0 saturated carbocycles. The summed E-state index contributed by atoms with van der Waals surface area (Å²) in [6, 6.07) is 20.6. The third-order valence-corrected chi connectivity index (χ3v) is 8.92. The van der Waals surface area contributed by atoms with E-state index in [4.69, 9.17) is 19.2 Å². The molecule has 0 aliphatic carbocycles. The van der Waals surface area contributed by atoms with Gasteiger partial charge in [-0.05, 0) is 48.4 Å². The Bertz CT molecular complexity index is 1740. The van der Waals surface area contributed by atoms with Gasteiger partial charge in [0.2, 0.25) is 11.8 Å². The van der Waals surface area contributed by atoms with Crippen molar-refractivity contribution in [3.8, 4) is 17.2 Å². The van der Waals surface area contributed by atoms with E-state index in [2.05, 4.69) is 10.2 Å². The summed E-state index contributed by atoms with van der Waals surface area (Å²) in [5, 5.41) is 3.82. The van der Waals surface area contributed by atoms with Crippen LogP contribution in [0.15, 0.2) is 76.7 Å². The van der Waals surface area contributed by atoms with Crippen LogP contribution in [-0.4, -0.2) is 86.1 Å². The Kier molecular flexibility index (Phi) is 11.0. The van der Waals surface area contributed by atoms with Crippen LogP contribution in [0.25, 0.3) is 10.9 Å². The fraction of sp³-hybridized carbons (Fsp3) is 0.353. The number of thioether (sulfide) groups is 1. The lowest BCUT2D eigenvalue weighted by Crippen LogP contribution is -2.49. The number of hydrogen-bond donors (Lipinski definition) is 1. The molecule has 11 nitrogen and oxygen atoms in total. The average Bonchev–Trinajstić information content (AvgIpc) is 3.10. The van der Waals surface area contributed by atoms with Gasteiger partial charge in [0.1, 0.15) is 5.75 Å². The van der Waals surface area contributed by atoms with Crippen molar-refractivity contribution in [3.63, 3.8) is 0 Å². The third-order valence-electron chi connectivity index (χ3n) is 7.96. The van der Waals surface area contributed by atoms with Crippen LogP contribution in [0.3, 0.4) is 0 Å². The second kappa shape index (κ2) is 15.5. The highest BCUT2D eigenvalue weighted by molar-refractivity contribution is 7.99. The maximum atomic E-state index is 13.5. The smallest absolute Gasteiger partial charge is 0.262 e. The predicted octanol–water partition coefficient (Wildman–Crippen LogP) is 3.61. The van der Waals surface area contributed by atoms with Crippen molar-refractivity contribution >= 4 is 40.2 Å². The number of ether oxygens (including phenoxy) is 3. The fourth-order valence-electron chi connectivity index (χ4n) is 5.44. The monoisotopic (exact) mass is 645 g/mol. The van der Waals surface area contributed by atoms with Crippen molar-refractivity contribution in [2.24, 2.45) is 0 Å². The molecule has 2 amide bonds. The van der Waals surface area contributed by atoms with Crippen molar-refractivity contribution in [1.82, 2.24) is 19.8 Å². The number of aromatic nitrogens is 2. The minimum atomic E-state index is -0.232. The summed E-state index contributed by atoms with van der Waals surface area (Å²) in [6.45, 7) is 3.12. The van der Waals surface area contributed by atoms with Crippen LogP contribution in [0.1, 0.15) is 12.0 Å². The highest BCUT2D eigenvalue weighted by Gasteiger charge is 2.24. The van der Waals surface area contributed by atoms with Gasteiger partial charge < -0.3 is 29.3 Å². The molecule has 1 aromatic heterocycles. The molecule has 242 valence electrons. The number of anilines is 1. The summed E-state index contributed by atoms with van der Waals surface area (Å²) >= 11 is 1.23. The molecule has 0 radical (unpaired) electrons. The van der Waals surface area contributed by atoms with Crippen molar-refractivity contribution in [3.05, 3.63) is 82.6 Å². The van der Waals surface area contributed by atoms with Gasteiger partial charge in [0.05, 0.1) is 43.7 Å². The van der Waals surface area contributed by atoms with E-state index < -0.39 is 0 Å². The molecule has 0 unspecified atom stereocenters. The molecule has 1 aliphatic rings. The fourth-order valence-corrected chi connectivity index (χ4v) is 6.37. The van der Waals surface area contributed by atoms with E-state index in [9.17, 15) is 14.4 Å². The number of para-hydroxylation sites is 3. The lowest BCUT2D eigenvalue weighted by Gasteiger charge is -2.36. The van der Waals surface area contributed by atoms with Gasteiger partial charge in [0, 0.05) is 45.7 Å². The standard InChI is InChI=1S/C34H39N5O6S/c1-43-28-11-7-6-10-27(28)37-18-20-38(21-19-37)32(41)23-46-34-36-26-9-5-4-8-25(26)33(42)39(34)17-15-31(40)35-16-14-24-12-13-29(44-2)30(22-24)45-3/h4-13,22H,14-21,23H2,1-3H3,(H,35,40). The van der Waals surface area contributed by atoms with Gasteiger partial charge in [-0.15, -0.1) is 0 Å². The Labute approximate surface area is 272 Å². The number of hydrogen-bond acceptors (Lipinski definition) is 9. The molecule has 1 aliphatic heterocycles. The molecule has 1 saturated heterocycles. The zero-order chi connectivity index (χ0) is 32.5. The van der Waals surface area contributed by atoms with E-state index >= 15 is 0 Å². The molecule has 1 N–H and O–H groups in total. The summed E-state index contributed by atoms with van der Waals surface area (Å²) in [4.78, 5) is 48.3. The molecule has 1 fully saturated rings. The van der Waals surface area contributed by atoms with Crippen molar-refractivity contribution in [1.29, 1.82) is 0 Å². The van der Waals surface area contributed by atoms with Gasteiger partial charge in [-0.25, -0.2) is 4.98 Å². The van der Waals surface area contributed by atoms with Crippen LogP contribution in [-0.2, 0) is 22.6 Å². The lowest BCUT2D eigenvalue weighted by atomic mass is 10.1. The largest absolute Gasteiger partial charge is 0.495 e. The highest BCUT2D eigenvalue weighted by atomic mass is 32.2. The van der Waals surface area contributed by atoms with Gasteiger partial charge in [0.25, 0.3) is 5.56 Å². The Balaban J connectivity index is 1.19. The molecule has 4 aromatic rings. The normalized spacial score (nSPS) is 13.0. The number of piperazine rings is 1. The summed E-state index contributed by atoms with van der Waals surface area (Å²) in [7, 11) is 4.83. The highest BCUT2D eigenvalue weighted by Crippen LogP contribution is 2.29. The summed E-state index contributed by atoms with van der Waals surface area (Å²) in [5.74, 6) is 2.02. The van der Waals surface area contributed by atoms with Gasteiger partial charge in [-0.2, -0.15) is 0 Å². The number of benzene rings is 3. The van der Waals surface area contributed by atoms with Crippen LogP contribution in [0.4, 0.5) is 5.69 Å². The lowest BCUT2D eigenvalue weighted by molar-refractivity contribution is -0.128. The van der Waals surface area contributed by atoms with Crippen LogP contribution < -0.4 is 30.0 Å². The van der Waals surface area contributed by atoms with Crippen LogP contribution in [0.2, 0.25) is 0 Å². The van der Waals surface area contributed by atoms with Gasteiger partial charge in [-0.3, -0.25) is 19.0 Å². The molecule has 0 bridgehead atoms. The second-order valence-corrected chi connectivity index (χ2v) is 11.7. The maximum Gasteiger partial charge on any atom is 0.262 e. The van der Waals surface area contributed by atoms with E-state index in [0.29, 0.717) is 66.7 Å². The SMILES string of the molecule is COc1ccc(CCNC(=O)CCn2c(SCC(=O)N3CCN(c4ccccc4OC)CC3)nc3ccccc3c2=O)cc1OC. The van der Waals surface area contributed by atoms with E-state index in [1.807, 2.05) is 53.4 Å². The van der Waals surface area contributed by atoms with E-state index in [1.165, 1.54) is 16.3 Å². The zero-order valence-electron chi connectivity index (χ0n) is 26.4. The minimum Gasteiger partial charge on any atom is -0.495 e. The Hall–Kier alpha value is -4.71. The Morgan fingerprint density at radius 2 is 1.59 bits per heavy atom. The van der Waals surface area contributed by atoms with Crippen molar-refractivity contribution in [2.45, 2.75) is 24.5 Å². The number of methoxy groups -OCH3 is 3. The molecule has 46 heavy (non-hydrogen) atoms. The topological polar surface area (TPSA) is 115 Å². The third kappa shape index (κ3) is 7.74. The van der Waals surface area contributed by atoms with Gasteiger partial charge >= 0.3 is 0 Å². The van der Waals surface area contributed by atoms with E-state index in [1.54, 1.807) is 39.5 Å². The number of nitrogens with one attached hydrogen (secondary N) is 1. The van der Waals surface area contributed by atoms with E-state index in [0.717, 1.165) is 17.0 Å². The van der Waals surface area contributed by atoms with Gasteiger partial charge in [-0.1, -0.05) is 42.1 Å². The predicted molar refractivity (Wildman–Crippen MR) is 179 cm³/mol. The Morgan fingerprint density at radius 1 is 0.870 bits per heavy atom. The van der Waals surface area contributed by atoms with Crippen molar-refractivity contribution in [2.75, 3.05) is 64.7 Å². The number of amides is 2. The van der Waals surface area contributed by atoms with E-state index in [-0.39, 0.29) is 36.1 Å².